The van der Waals surface area contributed by atoms with Gasteiger partial charge in [-0.1, -0.05) is 6.07 Å². The quantitative estimate of drug-likeness (QED) is 0.762. The number of nitrogens with two attached hydrogens (primary N) is 1. The van der Waals surface area contributed by atoms with Crippen molar-refractivity contribution in [2.45, 2.75) is 38.1 Å². The Kier molecular flexibility index (Phi) is 4.95. The van der Waals surface area contributed by atoms with Crippen molar-refractivity contribution in [2.75, 3.05) is 13.1 Å². The lowest BCUT2D eigenvalue weighted by atomic mass is 9.86. The largest absolute Gasteiger partial charge is 0.328 e. The van der Waals surface area contributed by atoms with E-state index in [2.05, 4.69) is 16.4 Å². The van der Waals surface area contributed by atoms with Crippen LogP contribution < -0.4 is 11.1 Å². The molecule has 0 aromatic carbocycles. The highest BCUT2D eigenvalue weighted by Crippen LogP contribution is 2.22. The fraction of sp³-hybridized carbons (Fsp3) is 0.643. The lowest BCUT2D eigenvalue weighted by Crippen LogP contribution is -2.32. The SMILES string of the molecule is NC1CCC(CNCCc2ccccn2)CC1. The van der Waals surface area contributed by atoms with Gasteiger partial charge in [0, 0.05) is 30.9 Å². The molecule has 3 N–H and O–H groups in total. The third-order valence-electron chi connectivity index (χ3n) is 3.61. The van der Waals surface area contributed by atoms with E-state index in [1.54, 1.807) is 0 Å². The topological polar surface area (TPSA) is 50.9 Å². The van der Waals surface area contributed by atoms with Crippen LogP contribution in [0.15, 0.2) is 24.4 Å². The smallest absolute Gasteiger partial charge is 0.0416 e. The Labute approximate surface area is 104 Å². The Morgan fingerprint density at radius 1 is 1.24 bits per heavy atom. The fourth-order valence-electron chi connectivity index (χ4n) is 2.46. The number of hydrogen-bond acceptors (Lipinski definition) is 3. The van der Waals surface area contributed by atoms with Crippen LogP contribution in [0, 0.1) is 5.92 Å². The summed E-state index contributed by atoms with van der Waals surface area (Å²) in [5.74, 6) is 0.832. The molecule has 1 saturated carbocycles. The van der Waals surface area contributed by atoms with E-state index in [4.69, 9.17) is 5.73 Å². The summed E-state index contributed by atoms with van der Waals surface area (Å²) >= 11 is 0. The second-order valence-electron chi connectivity index (χ2n) is 5.06. The van der Waals surface area contributed by atoms with Gasteiger partial charge in [-0.2, -0.15) is 0 Å². The molecule has 0 aliphatic heterocycles. The minimum Gasteiger partial charge on any atom is -0.328 e. The summed E-state index contributed by atoms with van der Waals surface area (Å²) in [6.45, 7) is 2.17. The average molecular weight is 233 g/mol. The maximum absolute atomic E-state index is 5.90. The molecule has 0 bridgehead atoms. The highest BCUT2D eigenvalue weighted by atomic mass is 14.9. The van der Waals surface area contributed by atoms with E-state index in [-0.39, 0.29) is 0 Å². The summed E-state index contributed by atoms with van der Waals surface area (Å²) in [5.41, 5.74) is 7.07. The van der Waals surface area contributed by atoms with Crippen molar-refractivity contribution in [1.29, 1.82) is 0 Å². The summed E-state index contributed by atoms with van der Waals surface area (Å²) in [6.07, 6.45) is 7.86. The molecule has 1 aliphatic carbocycles. The van der Waals surface area contributed by atoms with Crippen LogP contribution in [-0.4, -0.2) is 24.1 Å². The van der Waals surface area contributed by atoms with Crippen LogP contribution in [0.5, 0.6) is 0 Å². The van der Waals surface area contributed by atoms with Crippen LogP contribution in [0.3, 0.4) is 0 Å². The van der Waals surface area contributed by atoms with Gasteiger partial charge in [0.15, 0.2) is 0 Å². The van der Waals surface area contributed by atoms with Crippen molar-refractivity contribution in [1.82, 2.24) is 10.3 Å². The minimum absolute atomic E-state index is 0.458. The molecule has 1 aromatic heterocycles. The molecule has 0 amide bonds. The molecular weight excluding hydrogens is 210 g/mol. The first-order chi connectivity index (χ1) is 8.34. The summed E-state index contributed by atoms with van der Waals surface area (Å²) in [4.78, 5) is 4.32. The Morgan fingerprint density at radius 3 is 2.76 bits per heavy atom. The predicted molar refractivity (Wildman–Crippen MR) is 70.7 cm³/mol. The molecule has 0 saturated heterocycles. The molecular formula is C14H23N3. The Hall–Kier alpha value is -0.930. The Morgan fingerprint density at radius 2 is 2.06 bits per heavy atom. The van der Waals surface area contributed by atoms with Crippen LogP contribution in [0.4, 0.5) is 0 Å². The highest BCUT2D eigenvalue weighted by Gasteiger charge is 2.17. The van der Waals surface area contributed by atoms with E-state index in [1.165, 1.54) is 31.4 Å². The van der Waals surface area contributed by atoms with Crippen LogP contribution in [0.25, 0.3) is 0 Å². The summed E-state index contributed by atoms with van der Waals surface area (Å²) in [6, 6.07) is 6.55. The van der Waals surface area contributed by atoms with Gasteiger partial charge < -0.3 is 11.1 Å². The van der Waals surface area contributed by atoms with E-state index in [0.29, 0.717) is 6.04 Å². The fourth-order valence-corrected chi connectivity index (χ4v) is 2.46. The molecule has 1 fully saturated rings. The summed E-state index contributed by atoms with van der Waals surface area (Å²) in [7, 11) is 0. The third kappa shape index (κ3) is 4.44. The number of hydrogen-bond donors (Lipinski definition) is 2. The first kappa shape index (κ1) is 12.5. The van der Waals surface area contributed by atoms with Crippen LogP contribution in [0.2, 0.25) is 0 Å². The number of nitrogens with one attached hydrogen (secondary N) is 1. The molecule has 1 aromatic rings. The zero-order chi connectivity index (χ0) is 11.9. The summed E-state index contributed by atoms with van der Waals surface area (Å²) < 4.78 is 0. The second-order valence-corrected chi connectivity index (χ2v) is 5.06. The molecule has 0 radical (unpaired) electrons. The monoisotopic (exact) mass is 233 g/mol. The molecule has 94 valence electrons. The number of rotatable bonds is 5. The lowest BCUT2D eigenvalue weighted by molar-refractivity contribution is 0.315. The predicted octanol–water partition coefficient (Wildman–Crippen LogP) is 1.73. The van der Waals surface area contributed by atoms with E-state index < -0.39 is 0 Å². The molecule has 17 heavy (non-hydrogen) atoms. The first-order valence-electron chi connectivity index (χ1n) is 6.71. The average Bonchev–Trinajstić information content (AvgIpc) is 2.38. The highest BCUT2D eigenvalue weighted by molar-refractivity contribution is 5.03. The van der Waals surface area contributed by atoms with Gasteiger partial charge in [0.2, 0.25) is 0 Å². The minimum atomic E-state index is 0.458. The zero-order valence-electron chi connectivity index (χ0n) is 10.4. The molecule has 1 heterocycles. The van der Waals surface area contributed by atoms with E-state index >= 15 is 0 Å². The normalized spacial score (nSPS) is 24.8. The lowest BCUT2D eigenvalue weighted by Gasteiger charge is -2.26. The summed E-state index contributed by atoms with van der Waals surface area (Å²) in [5, 5.41) is 3.54. The Bertz CT molecular complexity index is 305. The molecule has 0 spiro atoms. The Balaban J connectivity index is 1.57. The van der Waals surface area contributed by atoms with Crippen molar-refractivity contribution < 1.29 is 0 Å². The van der Waals surface area contributed by atoms with Crippen molar-refractivity contribution in [3.63, 3.8) is 0 Å². The number of aromatic nitrogens is 1. The number of pyridine rings is 1. The van der Waals surface area contributed by atoms with Crippen LogP contribution in [-0.2, 0) is 6.42 Å². The van der Waals surface area contributed by atoms with Gasteiger partial charge in [-0.25, -0.2) is 0 Å². The van der Waals surface area contributed by atoms with Crippen LogP contribution in [0.1, 0.15) is 31.4 Å². The molecule has 3 heteroatoms. The van der Waals surface area contributed by atoms with Crippen molar-refractivity contribution in [2.24, 2.45) is 11.7 Å². The van der Waals surface area contributed by atoms with E-state index in [1.807, 2.05) is 18.3 Å². The van der Waals surface area contributed by atoms with Crippen LogP contribution >= 0.6 is 0 Å². The number of nitrogens with zero attached hydrogens (tertiary/aromatic N) is 1. The van der Waals surface area contributed by atoms with Gasteiger partial charge in [0.25, 0.3) is 0 Å². The third-order valence-corrected chi connectivity index (χ3v) is 3.61. The molecule has 3 nitrogen and oxygen atoms in total. The van der Waals surface area contributed by atoms with Gasteiger partial charge >= 0.3 is 0 Å². The van der Waals surface area contributed by atoms with Gasteiger partial charge in [0.05, 0.1) is 0 Å². The van der Waals surface area contributed by atoms with E-state index in [0.717, 1.165) is 25.4 Å². The van der Waals surface area contributed by atoms with Crippen molar-refractivity contribution in [3.05, 3.63) is 30.1 Å². The van der Waals surface area contributed by atoms with Gasteiger partial charge in [-0.15, -0.1) is 0 Å². The van der Waals surface area contributed by atoms with Crippen molar-refractivity contribution in [3.8, 4) is 0 Å². The van der Waals surface area contributed by atoms with E-state index in [9.17, 15) is 0 Å². The van der Waals surface area contributed by atoms with Gasteiger partial charge in [0.1, 0.15) is 0 Å². The zero-order valence-corrected chi connectivity index (χ0v) is 10.4. The molecule has 1 aliphatic rings. The maximum Gasteiger partial charge on any atom is 0.0416 e. The second kappa shape index (κ2) is 6.72. The standard InChI is InChI=1S/C14H23N3/c15-13-6-4-12(5-7-13)11-16-10-8-14-3-1-2-9-17-14/h1-3,9,12-13,16H,4-8,10-11,15H2. The van der Waals surface area contributed by atoms with Crippen molar-refractivity contribution >= 4 is 0 Å². The first-order valence-corrected chi connectivity index (χ1v) is 6.71. The molecule has 2 rings (SSSR count). The molecule has 0 unspecified atom stereocenters. The van der Waals surface area contributed by atoms with Gasteiger partial charge in [-0.05, 0) is 50.3 Å². The van der Waals surface area contributed by atoms with Gasteiger partial charge in [-0.3, -0.25) is 4.98 Å². The molecule has 0 atom stereocenters. The maximum atomic E-state index is 5.90.